The fraction of sp³-hybridized carbons (Fsp3) is 0.333. The van der Waals surface area contributed by atoms with E-state index in [0.29, 0.717) is 12.5 Å². The van der Waals surface area contributed by atoms with Crippen molar-refractivity contribution in [2.75, 3.05) is 5.73 Å². The lowest BCUT2D eigenvalue weighted by atomic mass is 10.6. The molecule has 13 heavy (non-hydrogen) atoms. The number of aryl methyl sites for hydroxylation is 1. The van der Waals surface area contributed by atoms with Gasteiger partial charge in [-0.2, -0.15) is 0 Å². The van der Waals surface area contributed by atoms with E-state index in [1.54, 1.807) is 6.20 Å². The molecule has 68 valence electrons. The van der Waals surface area contributed by atoms with Crippen molar-refractivity contribution in [3.8, 4) is 0 Å². The van der Waals surface area contributed by atoms with Crippen LogP contribution >= 0.6 is 0 Å². The molecule has 2 rings (SSSR count). The van der Waals surface area contributed by atoms with Crippen molar-refractivity contribution >= 4 is 5.95 Å². The molecule has 0 aliphatic heterocycles. The second kappa shape index (κ2) is 2.85. The molecule has 0 atom stereocenters. The fourth-order valence-corrected chi connectivity index (χ4v) is 1.01. The largest absolute Gasteiger partial charge is 0.367 e. The summed E-state index contributed by atoms with van der Waals surface area (Å²) in [4.78, 5) is 4.12. The monoisotopic (exact) mass is 179 g/mol. The van der Waals surface area contributed by atoms with Gasteiger partial charge in [0.15, 0.2) is 0 Å². The van der Waals surface area contributed by atoms with Crippen LogP contribution in [0.5, 0.6) is 0 Å². The highest BCUT2D eigenvalue weighted by atomic mass is 15.6. The maximum absolute atomic E-state index is 5.50. The maximum Gasteiger partial charge on any atom is 0.240 e. The van der Waals surface area contributed by atoms with E-state index < -0.39 is 0 Å². The summed E-state index contributed by atoms with van der Waals surface area (Å²) in [6.07, 6.45) is 3.58. The van der Waals surface area contributed by atoms with Gasteiger partial charge in [0.2, 0.25) is 5.95 Å². The summed E-state index contributed by atoms with van der Waals surface area (Å²) in [6, 6.07) is 0. The summed E-state index contributed by atoms with van der Waals surface area (Å²) in [5.74, 6) is 1.15. The molecular weight excluding hydrogens is 170 g/mol. The third kappa shape index (κ3) is 1.35. The van der Waals surface area contributed by atoms with Crippen LogP contribution in [0.2, 0.25) is 0 Å². The first-order valence-corrected chi connectivity index (χ1v) is 3.75. The number of nitrogens with two attached hydrogens (primary N) is 1. The molecule has 0 spiro atoms. The highest BCUT2D eigenvalue weighted by Crippen LogP contribution is 1.99. The van der Waals surface area contributed by atoms with Crippen LogP contribution < -0.4 is 5.73 Å². The minimum Gasteiger partial charge on any atom is -0.367 e. The van der Waals surface area contributed by atoms with Crippen LogP contribution in [0, 0.1) is 0 Å². The van der Waals surface area contributed by atoms with E-state index in [-0.39, 0.29) is 0 Å². The predicted molar refractivity (Wildman–Crippen MR) is 44.5 cm³/mol. The Hall–Kier alpha value is -1.92. The third-order valence-electron chi connectivity index (χ3n) is 1.77. The topological polar surface area (TPSA) is 87.4 Å². The first-order valence-electron chi connectivity index (χ1n) is 3.75. The van der Waals surface area contributed by atoms with E-state index in [9.17, 15) is 0 Å². The van der Waals surface area contributed by atoms with Gasteiger partial charge in [-0.3, -0.25) is 0 Å². The Labute approximate surface area is 74.2 Å². The number of aromatic nitrogens is 6. The smallest absolute Gasteiger partial charge is 0.240 e. The number of nitrogens with zero attached hydrogens (tertiary/aromatic N) is 6. The van der Waals surface area contributed by atoms with Crippen LogP contribution in [0.4, 0.5) is 5.95 Å². The molecular formula is C6H9N7. The highest BCUT2D eigenvalue weighted by molar-refractivity contribution is 5.11. The number of hydrogen-bond donors (Lipinski definition) is 1. The lowest BCUT2D eigenvalue weighted by molar-refractivity contribution is 0.612. The van der Waals surface area contributed by atoms with Crippen LogP contribution in [0.3, 0.4) is 0 Å². The summed E-state index contributed by atoms with van der Waals surface area (Å²) in [5, 5.41) is 10.7. The molecule has 2 N–H and O–H groups in total. The second-order valence-electron chi connectivity index (χ2n) is 2.65. The van der Waals surface area contributed by atoms with E-state index in [0.717, 1.165) is 5.82 Å². The van der Waals surface area contributed by atoms with Crippen molar-refractivity contribution in [2.24, 2.45) is 7.05 Å². The molecule has 0 amide bonds. The van der Waals surface area contributed by atoms with Crippen LogP contribution in [-0.4, -0.2) is 29.8 Å². The molecule has 0 fully saturated rings. The van der Waals surface area contributed by atoms with Gasteiger partial charge < -0.3 is 10.3 Å². The van der Waals surface area contributed by atoms with Gasteiger partial charge in [-0.15, -0.1) is 0 Å². The Kier molecular flexibility index (Phi) is 1.69. The summed E-state index contributed by atoms with van der Waals surface area (Å²) < 4.78 is 3.38. The average molecular weight is 179 g/mol. The van der Waals surface area contributed by atoms with E-state index in [4.69, 9.17) is 5.73 Å². The Bertz CT molecular complexity index is 362. The number of anilines is 1. The standard InChI is InChI=1S/C6H9N7/c1-12-3-2-8-5(12)4-13-6(7)9-10-11-13/h2-3H,4H2,1H3,(H2,7,9,11). The van der Waals surface area contributed by atoms with Gasteiger partial charge in [-0.1, -0.05) is 5.10 Å². The Morgan fingerprint density at radius 1 is 1.54 bits per heavy atom. The van der Waals surface area contributed by atoms with Crippen molar-refractivity contribution in [2.45, 2.75) is 6.54 Å². The minimum atomic E-state index is 0.294. The van der Waals surface area contributed by atoms with Gasteiger partial charge in [0.1, 0.15) is 12.4 Å². The molecule has 0 radical (unpaired) electrons. The summed E-state index contributed by atoms with van der Waals surface area (Å²) in [7, 11) is 1.91. The lowest BCUT2D eigenvalue weighted by Gasteiger charge is -2.00. The van der Waals surface area contributed by atoms with Crippen LogP contribution in [0.25, 0.3) is 0 Å². The van der Waals surface area contributed by atoms with Gasteiger partial charge in [-0.25, -0.2) is 9.67 Å². The number of tetrazole rings is 1. The summed E-state index contributed by atoms with van der Waals surface area (Å²) in [5.41, 5.74) is 5.50. The first kappa shape index (κ1) is 7.71. The van der Waals surface area contributed by atoms with Crippen molar-refractivity contribution in [3.63, 3.8) is 0 Å². The van der Waals surface area contributed by atoms with Gasteiger partial charge in [0.05, 0.1) is 0 Å². The van der Waals surface area contributed by atoms with Crippen molar-refractivity contribution in [1.29, 1.82) is 0 Å². The molecule has 0 aliphatic carbocycles. The third-order valence-corrected chi connectivity index (χ3v) is 1.77. The average Bonchev–Trinajstić information content (AvgIpc) is 2.65. The zero-order valence-electron chi connectivity index (χ0n) is 7.12. The maximum atomic E-state index is 5.50. The molecule has 7 heteroatoms. The van der Waals surface area contributed by atoms with Crippen molar-refractivity contribution in [3.05, 3.63) is 18.2 Å². The second-order valence-corrected chi connectivity index (χ2v) is 2.65. The predicted octanol–water partition coefficient (Wildman–Crippen LogP) is -0.963. The molecule has 2 aromatic heterocycles. The molecule has 0 saturated heterocycles. The molecule has 7 nitrogen and oxygen atoms in total. The summed E-state index contributed by atoms with van der Waals surface area (Å²) >= 11 is 0. The van der Waals surface area contributed by atoms with Gasteiger partial charge in [0.25, 0.3) is 0 Å². The highest BCUT2D eigenvalue weighted by Gasteiger charge is 2.04. The first-order chi connectivity index (χ1) is 6.27. The molecule has 0 bridgehead atoms. The van der Waals surface area contributed by atoms with Crippen LogP contribution in [0.15, 0.2) is 12.4 Å². The van der Waals surface area contributed by atoms with Gasteiger partial charge in [-0.05, 0) is 10.4 Å². The Balaban J connectivity index is 2.24. The lowest BCUT2D eigenvalue weighted by Crippen LogP contribution is -2.10. The van der Waals surface area contributed by atoms with Crippen molar-refractivity contribution in [1.82, 2.24) is 29.8 Å². The number of hydrogen-bond acceptors (Lipinski definition) is 5. The van der Waals surface area contributed by atoms with Gasteiger partial charge in [0, 0.05) is 19.4 Å². The van der Waals surface area contributed by atoms with Gasteiger partial charge >= 0.3 is 0 Å². The Morgan fingerprint density at radius 2 is 2.38 bits per heavy atom. The molecule has 2 heterocycles. The molecule has 0 aliphatic rings. The van der Waals surface area contributed by atoms with E-state index in [1.165, 1.54) is 4.68 Å². The van der Waals surface area contributed by atoms with E-state index in [2.05, 4.69) is 20.5 Å². The quantitative estimate of drug-likeness (QED) is 0.641. The van der Waals surface area contributed by atoms with Crippen molar-refractivity contribution < 1.29 is 0 Å². The van der Waals surface area contributed by atoms with E-state index in [1.807, 2.05) is 17.8 Å². The normalized spacial score (nSPS) is 10.5. The number of rotatable bonds is 2. The molecule has 0 saturated carbocycles. The molecule has 2 aromatic rings. The summed E-state index contributed by atoms with van der Waals surface area (Å²) in [6.45, 7) is 0.488. The van der Waals surface area contributed by atoms with Crippen LogP contribution in [0.1, 0.15) is 5.82 Å². The zero-order valence-corrected chi connectivity index (χ0v) is 7.12. The zero-order chi connectivity index (χ0) is 9.26. The minimum absolute atomic E-state index is 0.294. The van der Waals surface area contributed by atoms with E-state index >= 15 is 0 Å². The molecule has 0 aromatic carbocycles. The fourth-order valence-electron chi connectivity index (χ4n) is 1.01. The number of imidazole rings is 1. The number of nitrogen functional groups attached to an aromatic ring is 1. The van der Waals surface area contributed by atoms with Crippen LogP contribution in [-0.2, 0) is 13.6 Å². The SMILES string of the molecule is Cn1ccnc1Cn1nnnc1N. The Morgan fingerprint density at radius 3 is 2.92 bits per heavy atom. The molecule has 0 unspecified atom stereocenters.